The van der Waals surface area contributed by atoms with E-state index in [0.29, 0.717) is 5.41 Å². The average Bonchev–Trinajstić information content (AvgIpc) is 3.05. The number of aliphatic imine (C=N–C) groups is 1. The summed E-state index contributed by atoms with van der Waals surface area (Å²) in [5.41, 5.74) is 0.444. The molecule has 106 valence electrons. The zero-order valence-electron chi connectivity index (χ0n) is 12.3. The van der Waals surface area contributed by atoms with Gasteiger partial charge in [-0.2, -0.15) is 5.10 Å². The first-order valence-corrected chi connectivity index (χ1v) is 7.10. The van der Waals surface area contributed by atoms with E-state index >= 15 is 0 Å². The third-order valence-corrected chi connectivity index (χ3v) is 4.11. The second-order valence-electron chi connectivity index (χ2n) is 5.58. The Hall–Kier alpha value is -1.52. The summed E-state index contributed by atoms with van der Waals surface area (Å²) in [5, 5.41) is 7.62. The third kappa shape index (κ3) is 3.49. The first kappa shape index (κ1) is 13.9. The van der Waals surface area contributed by atoms with Gasteiger partial charge in [-0.05, 0) is 24.3 Å². The van der Waals surface area contributed by atoms with E-state index < -0.39 is 0 Å². The molecule has 1 fully saturated rings. The summed E-state index contributed by atoms with van der Waals surface area (Å²) in [7, 11) is 1.86. The molecule has 1 aromatic rings. The first-order chi connectivity index (χ1) is 9.17. The van der Waals surface area contributed by atoms with Crippen LogP contribution in [0, 0.1) is 5.41 Å². The van der Waals surface area contributed by atoms with Gasteiger partial charge >= 0.3 is 0 Å². The molecule has 1 aromatic heterocycles. The van der Waals surface area contributed by atoms with Gasteiger partial charge in [-0.3, -0.25) is 9.67 Å². The Balaban J connectivity index is 1.81. The molecule has 0 bridgehead atoms. The predicted octanol–water partition coefficient (Wildman–Crippen LogP) is 1.58. The molecule has 0 aromatic carbocycles. The van der Waals surface area contributed by atoms with Gasteiger partial charge in [0.05, 0.1) is 6.54 Å². The Morgan fingerprint density at radius 1 is 1.53 bits per heavy atom. The molecule has 1 saturated heterocycles. The molecule has 0 aliphatic carbocycles. The van der Waals surface area contributed by atoms with Gasteiger partial charge in [0.1, 0.15) is 0 Å². The summed E-state index contributed by atoms with van der Waals surface area (Å²) in [6.07, 6.45) is 6.27. The topological polar surface area (TPSA) is 45.5 Å². The highest BCUT2D eigenvalue weighted by molar-refractivity contribution is 5.80. The zero-order valence-corrected chi connectivity index (χ0v) is 12.3. The van der Waals surface area contributed by atoms with Crippen LogP contribution in [-0.2, 0) is 6.54 Å². The Labute approximate surface area is 115 Å². The molecular weight excluding hydrogens is 238 g/mol. The van der Waals surface area contributed by atoms with Crippen molar-refractivity contribution in [3.8, 4) is 0 Å². The van der Waals surface area contributed by atoms with Crippen molar-refractivity contribution in [3.63, 3.8) is 0 Å². The van der Waals surface area contributed by atoms with Crippen molar-refractivity contribution in [2.75, 3.05) is 26.7 Å². The van der Waals surface area contributed by atoms with E-state index in [9.17, 15) is 0 Å². The SMILES string of the molecule is CCC1(C)CCN(C(=NC)NCCn2cccn2)C1. The van der Waals surface area contributed by atoms with Crippen LogP contribution in [-0.4, -0.2) is 47.3 Å². The summed E-state index contributed by atoms with van der Waals surface area (Å²) >= 11 is 0. The predicted molar refractivity (Wildman–Crippen MR) is 78.2 cm³/mol. The number of hydrogen-bond donors (Lipinski definition) is 1. The minimum atomic E-state index is 0.444. The smallest absolute Gasteiger partial charge is 0.193 e. The molecule has 5 nitrogen and oxygen atoms in total. The molecule has 5 heteroatoms. The lowest BCUT2D eigenvalue weighted by molar-refractivity contribution is 0.322. The van der Waals surface area contributed by atoms with Crippen molar-refractivity contribution in [1.82, 2.24) is 20.0 Å². The van der Waals surface area contributed by atoms with Crippen LogP contribution in [0.15, 0.2) is 23.5 Å². The second-order valence-corrected chi connectivity index (χ2v) is 5.58. The highest BCUT2D eigenvalue weighted by Gasteiger charge is 2.33. The third-order valence-electron chi connectivity index (χ3n) is 4.11. The minimum absolute atomic E-state index is 0.444. The summed E-state index contributed by atoms with van der Waals surface area (Å²) in [6, 6.07) is 1.95. The van der Waals surface area contributed by atoms with Gasteiger partial charge in [0, 0.05) is 39.1 Å². The van der Waals surface area contributed by atoms with E-state index in [1.165, 1.54) is 12.8 Å². The van der Waals surface area contributed by atoms with Crippen molar-refractivity contribution < 1.29 is 0 Å². The number of rotatable bonds is 4. The molecule has 1 aliphatic rings. The number of likely N-dealkylation sites (tertiary alicyclic amines) is 1. The highest BCUT2D eigenvalue weighted by atomic mass is 15.3. The minimum Gasteiger partial charge on any atom is -0.354 e. The molecule has 0 amide bonds. The van der Waals surface area contributed by atoms with Crippen LogP contribution in [0.3, 0.4) is 0 Å². The van der Waals surface area contributed by atoms with E-state index in [2.05, 4.69) is 34.2 Å². The van der Waals surface area contributed by atoms with Crippen LogP contribution in [0.1, 0.15) is 26.7 Å². The molecule has 1 atom stereocenters. The number of nitrogens with zero attached hydrogens (tertiary/aromatic N) is 4. The Bertz CT molecular complexity index is 411. The Morgan fingerprint density at radius 3 is 2.95 bits per heavy atom. The number of nitrogens with one attached hydrogen (secondary N) is 1. The fraction of sp³-hybridized carbons (Fsp3) is 0.714. The van der Waals surface area contributed by atoms with Crippen LogP contribution >= 0.6 is 0 Å². The molecular formula is C14H25N5. The van der Waals surface area contributed by atoms with Gasteiger partial charge in [0.15, 0.2) is 5.96 Å². The normalized spacial score (nSPS) is 23.9. The summed E-state index contributed by atoms with van der Waals surface area (Å²) in [4.78, 5) is 6.76. The lowest BCUT2D eigenvalue weighted by atomic mass is 9.87. The maximum absolute atomic E-state index is 4.39. The Morgan fingerprint density at radius 2 is 2.37 bits per heavy atom. The molecule has 1 N–H and O–H groups in total. The zero-order chi connectivity index (χ0) is 13.7. The van der Waals surface area contributed by atoms with E-state index in [-0.39, 0.29) is 0 Å². The lowest BCUT2D eigenvalue weighted by Gasteiger charge is -2.25. The van der Waals surface area contributed by atoms with Gasteiger partial charge in [0.2, 0.25) is 0 Å². The highest BCUT2D eigenvalue weighted by Crippen LogP contribution is 2.32. The first-order valence-electron chi connectivity index (χ1n) is 7.10. The fourth-order valence-corrected chi connectivity index (χ4v) is 2.54. The van der Waals surface area contributed by atoms with Crippen LogP contribution in [0.25, 0.3) is 0 Å². The van der Waals surface area contributed by atoms with Crippen molar-refractivity contribution in [2.45, 2.75) is 33.2 Å². The molecule has 0 spiro atoms. The standard InChI is InChI=1S/C14H25N5/c1-4-14(2)6-10-18(12-14)13(15-3)16-8-11-19-9-5-7-17-19/h5,7,9H,4,6,8,10-12H2,1-3H3,(H,15,16). The van der Waals surface area contributed by atoms with Crippen molar-refractivity contribution >= 4 is 5.96 Å². The summed E-state index contributed by atoms with van der Waals surface area (Å²) < 4.78 is 1.93. The molecule has 2 rings (SSSR count). The van der Waals surface area contributed by atoms with Crippen LogP contribution in [0.2, 0.25) is 0 Å². The van der Waals surface area contributed by atoms with Crippen LogP contribution < -0.4 is 5.32 Å². The molecule has 19 heavy (non-hydrogen) atoms. The Kier molecular flexibility index (Phi) is 4.45. The number of aromatic nitrogens is 2. The maximum atomic E-state index is 4.39. The molecule has 1 aliphatic heterocycles. The molecule has 1 unspecified atom stereocenters. The maximum Gasteiger partial charge on any atom is 0.193 e. The van der Waals surface area contributed by atoms with E-state index in [0.717, 1.165) is 32.1 Å². The van der Waals surface area contributed by atoms with E-state index in [1.54, 1.807) is 0 Å². The van der Waals surface area contributed by atoms with Gasteiger partial charge in [0.25, 0.3) is 0 Å². The van der Waals surface area contributed by atoms with Gasteiger partial charge in [-0.15, -0.1) is 0 Å². The quantitative estimate of drug-likeness (QED) is 0.662. The average molecular weight is 263 g/mol. The number of guanidine groups is 1. The van der Waals surface area contributed by atoms with Gasteiger partial charge in [-0.25, -0.2) is 0 Å². The van der Waals surface area contributed by atoms with Gasteiger partial charge < -0.3 is 10.2 Å². The molecule has 0 radical (unpaired) electrons. The molecule has 2 heterocycles. The van der Waals surface area contributed by atoms with E-state index in [1.807, 2.05) is 30.2 Å². The second kappa shape index (κ2) is 6.08. The summed E-state index contributed by atoms with van der Waals surface area (Å²) in [6.45, 7) is 8.57. The molecule has 0 saturated carbocycles. The van der Waals surface area contributed by atoms with Crippen LogP contribution in [0.5, 0.6) is 0 Å². The number of hydrogen-bond acceptors (Lipinski definition) is 2. The van der Waals surface area contributed by atoms with Crippen LogP contribution in [0.4, 0.5) is 0 Å². The lowest BCUT2D eigenvalue weighted by Crippen LogP contribution is -2.42. The fourth-order valence-electron chi connectivity index (χ4n) is 2.54. The monoisotopic (exact) mass is 263 g/mol. The van der Waals surface area contributed by atoms with Crippen molar-refractivity contribution in [2.24, 2.45) is 10.4 Å². The van der Waals surface area contributed by atoms with Crippen molar-refractivity contribution in [3.05, 3.63) is 18.5 Å². The summed E-state index contributed by atoms with van der Waals surface area (Å²) in [5.74, 6) is 1.02. The van der Waals surface area contributed by atoms with Crippen molar-refractivity contribution in [1.29, 1.82) is 0 Å². The largest absolute Gasteiger partial charge is 0.354 e. The van der Waals surface area contributed by atoms with Gasteiger partial charge in [-0.1, -0.05) is 13.8 Å². The van der Waals surface area contributed by atoms with E-state index in [4.69, 9.17) is 0 Å².